The highest BCUT2D eigenvalue weighted by Gasteiger charge is 2.06. The zero-order valence-corrected chi connectivity index (χ0v) is 15.1. The van der Waals surface area contributed by atoms with Crippen LogP contribution in [0.5, 0.6) is 0 Å². The third-order valence-corrected chi connectivity index (χ3v) is 4.04. The van der Waals surface area contributed by atoms with Crippen LogP contribution in [-0.4, -0.2) is 33.6 Å². The summed E-state index contributed by atoms with van der Waals surface area (Å²) in [5.74, 6) is 0.830. The van der Waals surface area contributed by atoms with Gasteiger partial charge in [-0.2, -0.15) is 0 Å². The molecule has 2 aromatic carbocycles. The molecule has 2 N–H and O–H groups in total. The Morgan fingerprint density at radius 2 is 1.71 bits per heavy atom. The van der Waals surface area contributed by atoms with Crippen LogP contribution in [0.1, 0.15) is 24.1 Å². The molecule has 0 heterocycles. The lowest BCUT2D eigenvalue weighted by molar-refractivity contribution is 0.684. The molecule has 0 aliphatic heterocycles. The van der Waals surface area contributed by atoms with Gasteiger partial charge in [0.1, 0.15) is 0 Å². The van der Waals surface area contributed by atoms with Gasteiger partial charge in [-0.1, -0.05) is 42.5 Å². The lowest BCUT2D eigenvalue weighted by atomic mass is 10.1. The van der Waals surface area contributed by atoms with Gasteiger partial charge in [0.2, 0.25) is 0 Å². The highest BCUT2D eigenvalue weighted by molar-refractivity contribution is 5.80. The summed E-state index contributed by atoms with van der Waals surface area (Å²) in [4.78, 5) is 6.42. The minimum atomic E-state index is 0.219. The van der Waals surface area contributed by atoms with Gasteiger partial charge >= 0.3 is 0 Å². The zero-order valence-electron chi connectivity index (χ0n) is 15.1. The molecule has 1 unspecified atom stereocenters. The second kappa shape index (κ2) is 8.96. The summed E-state index contributed by atoms with van der Waals surface area (Å²) < 4.78 is 0. The molecule has 0 spiro atoms. The minimum absolute atomic E-state index is 0.219. The van der Waals surface area contributed by atoms with E-state index >= 15 is 0 Å². The molecule has 2 aromatic rings. The fourth-order valence-corrected chi connectivity index (χ4v) is 2.51. The minimum Gasteiger partial charge on any atom is -0.378 e. The molecule has 0 aliphatic rings. The maximum absolute atomic E-state index is 4.31. The van der Waals surface area contributed by atoms with Crippen molar-refractivity contribution < 1.29 is 0 Å². The van der Waals surface area contributed by atoms with Crippen molar-refractivity contribution in [2.45, 2.75) is 19.4 Å². The molecule has 24 heavy (non-hydrogen) atoms. The van der Waals surface area contributed by atoms with Gasteiger partial charge in [0.15, 0.2) is 5.96 Å². The van der Waals surface area contributed by atoms with E-state index in [1.807, 2.05) is 6.07 Å². The van der Waals surface area contributed by atoms with E-state index < -0.39 is 0 Å². The summed E-state index contributed by atoms with van der Waals surface area (Å²) in [6, 6.07) is 19.3. The van der Waals surface area contributed by atoms with Gasteiger partial charge in [-0.25, -0.2) is 0 Å². The summed E-state index contributed by atoms with van der Waals surface area (Å²) in [6.07, 6.45) is 0.966. The molecule has 0 radical (unpaired) electrons. The third kappa shape index (κ3) is 5.30. The van der Waals surface area contributed by atoms with E-state index in [2.05, 4.69) is 90.1 Å². The first-order chi connectivity index (χ1) is 11.6. The number of hydrogen-bond acceptors (Lipinski definition) is 2. The Hall–Kier alpha value is -2.49. The molecular formula is C20H28N4. The van der Waals surface area contributed by atoms with Crippen LogP contribution in [0, 0.1) is 0 Å². The van der Waals surface area contributed by atoms with Gasteiger partial charge in [0.25, 0.3) is 0 Å². The largest absolute Gasteiger partial charge is 0.378 e. The second-order valence-corrected chi connectivity index (χ2v) is 6.09. The Morgan fingerprint density at radius 1 is 1.04 bits per heavy atom. The first kappa shape index (κ1) is 17.9. The summed E-state index contributed by atoms with van der Waals surface area (Å²) in [7, 11) is 5.92. The van der Waals surface area contributed by atoms with Crippen LogP contribution >= 0.6 is 0 Å². The second-order valence-electron chi connectivity index (χ2n) is 6.09. The lowest BCUT2D eigenvalue weighted by Gasteiger charge is -2.18. The van der Waals surface area contributed by atoms with E-state index in [1.54, 1.807) is 7.05 Å². The number of guanidine groups is 1. The van der Waals surface area contributed by atoms with Gasteiger partial charge in [0, 0.05) is 33.4 Å². The van der Waals surface area contributed by atoms with Crippen LogP contribution < -0.4 is 15.5 Å². The maximum atomic E-state index is 4.31. The molecule has 2 rings (SSSR count). The molecule has 1 atom stereocenters. The fraction of sp³-hybridized carbons (Fsp3) is 0.350. The molecule has 0 aromatic heterocycles. The number of aliphatic imine (C=N–C) groups is 1. The zero-order chi connectivity index (χ0) is 17.4. The average molecular weight is 324 g/mol. The molecule has 0 fully saturated rings. The average Bonchev–Trinajstić information content (AvgIpc) is 2.61. The van der Waals surface area contributed by atoms with Crippen LogP contribution in [0.25, 0.3) is 0 Å². The Bertz CT molecular complexity index is 632. The molecule has 0 amide bonds. The molecule has 4 heteroatoms. The first-order valence-corrected chi connectivity index (χ1v) is 8.38. The van der Waals surface area contributed by atoms with Crippen molar-refractivity contribution in [3.63, 3.8) is 0 Å². The number of benzene rings is 2. The van der Waals surface area contributed by atoms with Gasteiger partial charge < -0.3 is 15.5 Å². The van der Waals surface area contributed by atoms with Crippen LogP contribution in [0.15, 0.2) is 59.6 Å². The maximum Gasteiger partial charge on any atom is 0.191 e. The standard InChI is InChI=1S/C20H28N4/c1-16(18-8-6-5-7-9-18)23-20(21-2)22-15-14-17-10-12-19(13-11-17)24(3)4/h5-13,16H,14-15H2,1-4H3,(H2,21,22,23). The molecule has 0 bridgehead atoms. The predicted octanol–water partition coefficient (Wildman–Crippen LogP) is 3.22. The normalized spacial score (nSPS) is 12.6. The smallest absolute Gasteiger partial charge is 0.191 e. The third-order valence-electron chi connectivity index (χ3n) is 4.04. The van der Waals surface area contributed by atoms with Crippen molar-refractivity contribution in [1.29, 1.82) is 0 Å². The topological polar surface area (TPSA) is 39.7 Å². The van der Waals surface area contributed by atoms with Crippen molar-refractivity contribution in [2.75, 3.05) is 32.6 Å². The number of anilines is 1. The van der Waals surface area contributed by atoms with Crippen LogP contribution in [0.4, 0.5) is 5.69 Å². The van der Waals surface area contributed by atoms with Gasteiger partial charge in [-0.05, 0) is 36.6 Å². The quantitative estimate of drug-likeness (QED) is 0.633. The lowest BCUT2D eigenvalue weighted by Crippen LogP contribution is -2.39. The van der Waals surface area contributed by atoms with Crippen molar-refractivity contribution >= 4 is 11.6 Å². The monoisotopic (exact) mass is 324 g/mol. The Kier molecular flexibility index (Phi) is 6.67. The SMILES string of the molecule is CN=C(NCCc1ccc(N(C)C)cc1)NC(C)c1ccccc1. The van der Waals surface area contributed by atoms with Crippen molar-refractivity contribution in [2.24, 2.45) is 4.99 Å². The van der Waals surface area contributed by atoms with E-state index in [-0.39, 0.29) is 6.04 Å². The van der Waals surface area contributed by atoms with Crippen LogP contribution in [0.2, 0.25) is 0 Å². The Labute approximate surface area is 145 Å². The molecule has 128 valence electrons. The van der Waals surface area contributed by atoms with E-state index in [0.29, 0.717) is 0 Å². The molecule has 0 aliphatic carbocycles. The highest BCUT2D eigenvalue weighted by atomic mass is 15.2. The van der Waals surface area contributed by atoms with Gasteiger partial charge in [0.05, 0.1) is 6.04 Å². The Morgan fingerprint density at radius 3 is 2.29 bits per heavy atom. The summed E-state index contributed by atoms with van der Waals surface area (Å²) >= 11 is 0. The van der Waals surface area contributed by atoms with Crippen molar-refractivity contribution in [1.82, 2.24) is 10.6 Å². The molecule has 4 nitrogen and oxygen atoms in total. The van der Waals surface area contributed by atoms with Crippen LogP contribution in [-0.2, 0) is 6.42 Å². The summed E-state index contributed by atoms with van der Waals surface area (Å²) in [6.45, 7) is 2.99. The Balaban J connectivity index is 1.81. The molecular weight excluding hydrogens is 296 g/mol. The van der Waals surface area contributed by atoms with Crippen LogP contribution in [0.3, 0.4) is 0 Å². The number of hydrogen-bond donors (Lipinski definition) is 2. The number of nitrogens with one attached hydrogen (secondary N) is 2. The van der Waals surface area contributed by atoms with E-state index in [0.717, 1.165) is 18.9 Å². The number of nitrogens with zero attached hydrogens (tertiary/aromatic N) is 2. The number of rotatable bonds is 6. The highest BCUT2D eigenvalue weighted by Crippen LogP contribution is 2.12. The van der Waals surface area contributed by atoms with E-state index in [4.69, 9.17) is 0 Å². The predicted molar refractivity (Wildman–Crippen MR) is 104 cm³/mol. The van der Waals surface area contributed by atoms with E-state index in [9.17, 15) is 0 Å². The fourth-order valence-electron chi connectivity index (χ4n) is 2.51. The summed E-state index contributed by atoms with van der Waals surface area (Å²) in [5.41, 5.74) is 3.79. The van der Waals surface area contributed by atoms with Crippen molar-refractivity contribution in [3.8, 4) is 0 Å². The first-order valence-electron chi connectivity index (χ1n) is 8.38. The summed E-state index contributed by atoms with van der Waals surface area (Å²) in [5, 5.41) is 6.81. The van der Waals surface area contributed by atoms with Gasteiger partial charge in [-0.15, -0.1) is 0 Å². The molecule has 0 saturated carbocycles. The van der Waals surface area contributed by atoms with E-state index in [1.165, 1.54) is 16.8 Å². The van der Waals surface area contributed by atoms with Gasteiger partial charge in [-0.3, -0.25) is 4.99 Å². The van der Waals surface area contributed by atoms with Crippen molar-refractivity contribution in [3.05, 3.63) is 65.7 Å². The molecule has 0 saturated heterocycles.